The second kappa shape index (κ2) is 9.33. The van der Waals surface area contributed by atoms with E-state index in [-0.39, 0.29) is 13.2 Å². The molecule has 0 saturated carbocycles. The zero-order chi connectivity index (χ0) is 27.5. The lowest BCUT2D eigenvalue weighted by atomic mass is 9.75. The fraction of sp³-hybridized carbons (Fsp3) is 0.367. The highest BCUT2D eigenvalue weighted by Crippen LogP contribution is 2.58. The third kappa shape index (κ3) is 3.69. The molecule has 0 radical (unpaired) electrons. The number of ether oxygens (including phenoxy) is 2. The van der Waals surface area contributed by atoms with Crippen LogP contribution in [-0.4, -0.2) is 64.8 Å². The number of aryl methyl sites for hydroxylation is 1. The number of likely N-dealkylation sites (tertiary alicyclic amines) is 1. The third-order valence-electron chi connectivity index (χ3n) is 8.40. The average molecular weight is 549 g/mol. The lowest BCUT2D eigenvalue weighted by molar-refractivity contribution is -0.157. The Morgan fingerprint density at radius 3 is 2.51 bits per heavy atom. The van der Waals surface area contributed by atoms with Crippen LogP contribution in [0.5, 0.6) is 0 Å². The van der Waals surface area contributed by atoms with Gasteiger partial charge < -0.3 is 24.4 Å². The maximum Gasteiger partial charge on any atom is 0.313 e. The zero-order valence-electron chi connectivity index (χ0n) is 21.6. The van der Waals surface area contributed by atoms with Crippen molar-refractivity contribution in [3.8, 4) is 0 Å². The number of hydrogen-bond acceptors (Lipinski definition) is 6. The quantitative estimate of drug-likeness (QED) is 0.465. The van der Waals surface area contributed by atoms with E-state index in [1.807, 2.05) is 37.3 Å². The Labute approximate surface area is 231 Å². The van der Waals surface area contributed by atoms with Crippen LogP contribution in [0, 0.1) is 18.8 Å². The van der Waals surface area contributed by atoms with Crippen molar-refractivity contribution < 1.29 is 29.0 Å². The van der Waals surface area contributed by atoms with Crippen LogP contribution in [0.2, 0.25) is 5.02 Å². The van der Waals surface area contributed by atoms with Gasteiger partial charge in [-0.15, -0.1) is 0 Å². The SMILES string of the molecule is Cc1cccc(Cl)c1N1CC=C[C@]23O[C@@]4(C)C=CCOC(=O)[C@H]4[C@H]2C(=O)N([C@H](CO)c2ccccc2)C3C1=O. The van der Waals surface area contributed by atoms with Crippen LogP contribution in [0.4, 0.5) is 5.69 Å². The minimum absolute atomic E-state index is 0.0763. The van der Waals surface area contributed by atoms with Gasteiger partial charge in [0.25, 0.3) is 5.91 Å². The number of hydrogen-bond donors (Lipinski definition) is 1. The Balaban J connectivity index is 1.56. The molecule has 0 bridgehead atoms. The van der Waals surface area contributed by atoms with E-state index < -0.39 is 59.5 Å². The molecular weight excluding hydrogens is 520 g/mol. The molecule has 4 aliphatic rings. The fourth-order valence-electron chi connectivity index (χ4n) is 6.83. The molecule has 8 nitrogen and oxygen atoms in total. The second-order valence-corrected chi connectivity index (χ2v) is 11.0. The van der Waals surface area contributed by atoms with Crippen molar-refractivity contribution in [2.75, 3.05) is 24.7 Å². The highest BCUT2D eigenvalue weighted by molar-refractivity contribution is 6.34. The average Bonchev–Trinajstić information content (AvgIpc) is 3.17. The Bertz CT molecular complexity index is 1390. The number of esters is 1. The number of carbonyl (C=O) groups excluding carboxylic acids is 3. The molecule has 4 heterocycles. The van der Waals surface area contributed by atoms with Crippen molar-refractivity contribution >= 4 is 35.1 Å². The van der Waals surface area contributed by atoms with Crippen LogP contribution in [-0.2, 0) is 23.9 Å². The number of carbonyl (C=O) groups is 3. The molecule has 9 heteroatoms. The van der Waals surface area contributed by atoms with E-state index in [4.69, 9.17) is 21.1 Å². The molecule has 1 N–H and O–H groups in total. The van der Waals surface area contributed by atoms with Crippen molar-refractivity contribution in [1.29, 1.82) is 0 Å². The molecule has 2 aromatic rings. The van der Waals surface area contributed by atoms with Crippen molar-refractivity contribution in [3.63, 3.8) is 0 Å². The predicted molar refractivity (Wildman–Crippen MR) is 144 cm³/mol. The first-order valence-electron chi connectivity index (χ1n) is 13.0. The Hall–Kier alpha value is -3.46. The van der Waals surface area contributed by atoms with Crippen LogP contribution >= 0.6 is 11.6 Å². The smallest absolute Gasteiger partial charge is 0.313 e. The van der Waals surface area contributed by atoms with Gasteiger partial charge >= 0.3 is 5.97 Å². The molecule has 6 rings (SSSR count). The first-order valence-corrected chi connectivity index (χ1v) is 13.4. The number of para-hydroxylation sites is 1. The van der Waals surface area contributed by atoms with Gasteiger partial charge in [-0.3, -0.25) is 14.4 Å². The second-order valence-electron chi connectivity index (χ2n) is 10.6. The van der Waals surface area contributed by atoms with Gasteiger partial charge in [0.05, 0.1) is 34.9 Å². The maximum absolute atomic E-state index is 14.7. The maximum atomic E-state index is 14.7. The number of rotatable bonds is 4. The van der Waals surface area contributed by atoms with Gasteiger partial charge in [-0.25, -0.2) is 0 Å². The number of fused-ring (bicyclic) bond motifs is 2. The van der Waals surface area contributed by atoms with Gasteiger partial charge in [0.2, 0.25) is 5.91 Å². The molecule has 39 heavy (non-hydrogen) atoms. The minimum Gasteiger partial charge on any atom is -0.461 e. The number of cyclic esters (lactones) is 1. The number of benzene rings is 2. The number of aliphatic hydroxyl groups is 1. The van der Waals surface area contributed by atoms with Gasteiger partial charge in [0, 0.05) is 6.54 Å². The number of amides is 2. The van der Waals surface area contributed by atoms with E-state index in [9.17, 15) is 19.5 Å². The van der Waals surface area contributed by atoms with Crippen LogP contribution in [0.1, 0.15) is 24.1 Å². The van der Waals surface area contributed by atoms with Crippen LogP contribution < -0.4 is 4.90 Å². The van der Waals surface area contributed by atoms with Gasteiger partial charge in [0.15, 0.2) is 0 Å². The van der Waals surface area contributed by atoms with E-state index in [1.165, 1.54) is 4.90 Å². The van der Waals surface area contributed by atoms with Crippen molar-refractivity contribution in [2.45, 2.75) is 37.1 Å². The molecule has 2 saturated heterocycles. The number of halogens is 1. The Morgan fingerprint density at radius 2 is 1.79 bits per heavy atom. The predicted octanol–water partition coefficient (Wildman–Crippen LogP) is 3.37. The molecular formula is C30H29ClN2O6. The lowest BCUT2D eigenvalue weighted by Crippen LogP contribution is -2.57. The summed E-state index contributed by atoms with van der Waals surface area (Å²) in [4.78, 5) is 45.5. The van der Waals surface area contributed by atoms with Crippen molar-refractivity contribution in [2.24, 2.45) is 11.8 Å². The Kier molecular flexibility index (Phi) is 6.17. The lowest BCUT2D eigenvalue weighted by Gasteiger charge is -2.40. The molecule has 2 amide bonds. The van der Waals surface area contributed by atoms with E-state index in [2.05, 4.69) is 0 Å². The standard InChI is InChI=1S/C30H29ClN2O6/c1-18-9-6-12-20(31)24(18)32-15-7-14-30-22(23-28(37)38-16-8-13-29(23,2)39-30)26(35)33(25(30)27(32)36)21(17-34)19-10-4-3-5-11-19/h3-14,21-23,25,34H,15-17H2,1-2H3/t21-,22+,23-,25?,29+,30+/m1/s1. The summed E-state index contributed by atoms with van der Waals surface area (Å²) in [5.74, 6) is -3.41. The largest absolute Gasteiger partial charge is 0.461 e. The molecule has 1 unspecified atom stereocenters. The van der Waals surface area contributed by atoms with E-state index in [1.54, 1.807) is 54.3 Å². The number of nitrogens with zero attached hydrogens (tertiary/aromatic N) is 2. The van der Waals surface area contributed by atoms with E-state index in [0.717, 1.165) is 5.56 Å². The number of anilines is 1. The van der Waals surface area contributed by atoms with Gasteiger partial charge in [0.1, 0.15) is 24.2 Å². The summed E-state index contributed by atoms with van der Waals surface area (Å²) in [6, 6.07) is 12.4. The topological polar surface area (TPSA) is 96.4 Å². The van der Waals surface area contributed by atoms with Crippen molar-refractivity contribution in [1.82, 2.24) is 4.90 Å². The molecule has 1 spiro atoms. The van der Waals surface area contributed by atoms with Crippen LogP contribution in [0.15, 0.2) is 72.8 Å². The van der Waals surface area contributed by atoms with Gasteiger partial charge in [-0.1, -0.05) is 72.3 Å². The van der Waals surface area contributed by atoms with Gasteiger partial charge in [-0.05, 0) is 37.1 Å². The first-order chi connectivity index (χ1) is 18.7. The highest BCUT2D eigenvalue weighted by atomic mass is 35.5. The minimum atomic E-state index is -1.47. The molecule has 0 aliphatic carbocycles. The van der Waals surface area contributed by atoms with Crippen molar-refractivity contribution in [3.05, 3.63) is 89.0 Å². The molecule has 4 aliphatic heterocycles. The molecule has 6 atom stereocenters. The number of aliphatic hydroxyl groups excluding tert-OH is 1. The van der Waals surface area contributed by atoms with Gasteiger partial charge in [-0.2, -0.15) is 0 Å². The summed E-state index contributed by atoms with van der Waals surface area (Å²) >= 11 is 6.60. The molecule has 0 aromatic heterocycles. The molecule has 202 valence electrons. The summed E-state index contributed by atoms with van der Waals surface area (Å²) in [5.41, 5.74) is -0.638. The summed E-state index contributed by atoms with van der Waals surface area (Å²) in [6.07, 6.45) is 7.01. The van der Waals surface area contributed by atoms with E-state index >= 15 is 0 Å². The Morgan fingerprint density at radius 1 is 1.03 bits per heavy atom. The monoisotopic (exact) mass is 548 g/mol. The normalized spacial score (nSPS) is 32.3. The summed E-state index contributed by atoms with van der Waals surface area (Å²) in [7, 11) is 0. The third-order valence-corrected chi connectivity index (χ3v) is 8.71. The summed E-state index contributed by atoms with van der Waals surface area (Å²) in [5, 5.41) is 11.0. The van der Waals surface area contributed by atoms with Crippen LogP contribution in [0.3, 0.4) is 0 Å². The summed E-state index contributed by atoms with van der Waals surface area (Å²) in [6.45, 7) is 3.46. The fourth-order valence-corrected chi connectivity index (χ4v) is 7.15. The summed E-state index contributed by atoms with van der Waals surface area (Å²) < 4.78 is 12.2. The first kappa shape index (κ1) is 25.8. The molecule has 2 fully saturated rings. The molecule has 2 aromatic carbocycles. The van der Waals surface area contributed by atoms with Crippen LogP contribution in [0.25, 0.3) is 0 Å². The zero-order valence-corrected chi connectivity index (χ0v) is 22.4. The van der Waals surface area contributed by atoms with E-state index in [0.29, 0.717) is 16.3 Å². The highest BCUT2D eigenvalue weighted by Gasteiger charge is 2.75.